The zero-order chi connectivity index (χ0) is 27.6. The maximum absolute atomic E-state index is 13.9. The molecule has 2 atom stereocenters. The molecule has 1 saturated heterocycles. The Morgan fingerprint density at radius 2 is 1.71 bits per heavy atom. The second kappa shape index (κ2) is 11.2. The van der Waals surface area contributed by atoms with Crippen molar-refractivity contribution in [3.05, 3.63) is 94.0 Å². The van der Waals surface area contributed by atoms with E-state index >= 15 is 0 Å². The van der Waals surface area contributed by atoms with Gasteiger partial charge in [-0.15, -0.1) is 0 Å². The molecule has 2 unspecified atom stereocenters. The third-order valence-electron chi connectivity index (χ3n) is 7.41. The van der Waals surface area contributed by atoms with Crippen LogP contribution >= 0.6 is 11.6 Å². The van der Waals surface area contributed by atoms with Crippen molar-refractivity contribution >= 4 is 34.8 Å². The van der Waals surface area contributed by atoms with Gasteiger partial charge in [-0.25, -0.2) is 0 Å². The van der Waals surface area contributed by atoms with Crippen LogP contribution in [-0.4, -0.2) is 37.4 Å². The van der Waals surface area contributed by atoms with E-state index in [0.29, 0.717) is 23.6 Å². The van der Waals surface area contributed by atoms with Crippen molar-refractivity contribution in [1.82, 2.24) is 4.90 Å². The molecule has 1 heterocycles. The van der Waals surface area contributed by atoms with E-state index in [1.807, 2.05) is 79.3 Å². The molecule has 2 amide bonds. The summed E-state index contributed by atoms with van der Waals surface area (Å²) in [7, 11) is 3.99. The van der Waals surface area contributed by atoms with Gasteiger partial charge in [0.25, 0.3) is 5.91 Å². The molecule has 1 N–H and O–H groups in total. The number of likely N-dealkylation sites (tertiary alicyclic amines) is 1. The first kappa shape index (κ1) is 27.7. The maximum atomic E-state index is 13.9. The van der Waals surface area contributed by atoms with Crippen molar-refractivity contribution in [2.45, 2.75) is 52.0 Å². The molecule has 0 spiro atoms. The van der Waals surface area contributed by atoms with E-state index in [1.165, 1.54) is 0 Å². The van der Waals surface area contributed by atoms with Crippen LogP contribution in [0, 0.1) is 12.8 Å². The average molecular weight is 532 g/mol. The lowest BCUT2D eigenvalue weighted by Crippen LogP contribution is -2.46. The van der Waals surface area contributed by atoms with Crippen molar-refractivity contribution in [3.63, 3.8) is 0 Å². The summed E-state index contributed by atoms with van der Waals surface area (Å²) < 4.78 is 0. The molecule has 0 saturated carbocycles. The van der Waals surface area contributed by atoms with Crippen molar-refractivity contribution in [2.24, 2.45) is 5.92 Å². The Morgan fingerprint density at radius 3 is 2.37 bits per heavy atom. The van der Waals surface area contributed by atoms with E-state index in [9.17, 15) is 9.59 Å². The highest BCUT2D eigenvalue weighted by Crippen LogP contribution is 2.39. The minimum atomic E-state index is -0.393. The number of hydrogen-bond donors (Lipinski definition) is 1. The number of piperidine rings is 1. The molecular formula is C32H38ClN3O2. The first-order valence-corrected chi connectivity index (χ1v) is 13.6. The minimum Gasteiger partial charge on any atom is -0.378 e. The SMILES string of the molecule is Cc1ccc(Cl)cc1C(=O)N1CCCC(C(=O)Nc2cccc(C(C)(C)C)c2)C1c1ccc(N(C)C)cc1. The van der Waals surface area contributed by atoms with Crippen molar-refractivity contribution in [1.29, 1.82) is 0 Å². The van der Waals surface area contributed by atoms with Crippen LogP contribution in [0.3, 0.4) is 0 Å². The highest BCUT2D eigenvalue weighted by Gasteiger charge is 2.40. The monoisotopic (exact) mass is 531 g/mol. The fourth-order valence-corrected chi connectivity index (χ4v) is 5.33. The normalized spacial score (nSPS) is 17.7. The molecule has 0 radical (unpaired) electrons. The van der Waals surface area contributed by atoms with Crippen molar-refractivity contribution in [2.75, 3.05) is 30.9 Å². The molecule has 1 aliphatic rings. The lowest BCUT2D eigenvalue weighted by atomic mass is 9.83. The number of nitrogens with one attached hydrogen (secondary N) is 1. The van der Waals surface area contributed by atoms with Crippen LogP contribution in [0.2, 0.25) is 5.02 Å². The van der Waals surface area contributed by atoms with Gasteiger partial charge >= 0.3 is 0 Å². The summed E-state index contributed by atoms with van der Waals surface area (Å²) in [5.41, 5.74) is 5.36. The van der Waals surface area contributed by atoms with Crippen molar-refractivity contribution in [3.8, 4) is 0 Å². The van der Waals surface area contributed by atoms with Gasteiger partial charge in [-0.3, -0.25) is 9.59 Å². The summed E-state index contributed by atoms with van der Waals surface area (Å²) in [6, 6.07) is 21.2. The smallest absolute Gasteiger partial charge is 0.254 e. The second-order valence-corrected chi connectivity index (χ2v) is 11.9. The van der Waals surface area contributed by atoms with Gasteiger partial charge in [0, 0.05) is 42.6 Å². The molecule has 0 bridgehead atoms. The van der Waals surface area contributed by atoms with E-state index < -0.39 is 12.0 Å². The number of carbonyl (C=O) groups excluding carboxylic acids is 2. The van der Waals surface area contributed by atoms with Crippen molar-refractivity contribution < 1.29 is 9.59 Å². The first-order valence-electron chi connectivity index (χ1n) is 13.2. The average Bonchev–Trinajstić information content (AvgIpc) is 2.89. The highest BCUT2D eigenvalue weighted by atomic mass is 35.5. The minimum absolute atomic E-state index is 0.0274. The van der Waals surface area contributed by atoms with Gasteiger partial charge in [-0.1, -0.05) is 62.7 Å². The van der Waals surface area contributed by atoms with Crippen LogP contribution in [-0.2, 0) is 10.2 Å². The summed E-state index contributed by atoms with van der Waals surface area (Å²) in [6.07, 6.45) is 1.45. The summed E-state index contributed by atoms with van der Waals surface area (Å²) in [5.74, 6) is -0.562. The fourth-order valence-electron chi connectivity index (χ4n) is 5.16. The number of rotatable bonds is 5. The van der Waals surface area contributed by atoms with Crippen LogP contribution in [0.4, 0.5) is 11.4 Å². The number of benzene rings is 3. The maximum Gasteiger partial charge on any atom is 0.254 e. The third-order valence-corrected chi connectivity index (χ3v) is 7.64. The van der Waals surface area contributed by atoms with Crippen LogP contribution in [0.1, 0.15) is 66.7 Å². The third kappa shape index (κ3) is 6.05. The lowest BCUT2D eigenvalue weighted by Gasteiger charge is -2.41. The second-order valence-electron chi connectivity index (χ2n) is 11.5. The van der Waals surface area contributed by atoms with Crippen LogP contribution in [0.15, 0.2) is 66.7 Å². The topological polar surface area (TPSA) is 52.7 Å². The molecule has 6 heteroatoms. The van der Waals surface area contributed by atoms with E-state index in [0.717, 1.165) is 34.5 Å². The Balaban J connectivity index is 1.71. The molecule has 3 aromatic carbocycles. The molecule has 1 aliphatic heterocycles. The van der Waals surface area contributed by atoms with Crippen LogP contribution < -0.4 is 10.2 Å². The van der Waals surface area contributed by atoms with E-state index in [1.54, 1.807) is 12.1 Å². The Hall–Kier alpha value is -3.31. The van der Waals surface area contributed by atoms with Gasteiger partial charge < -0.3 is 15.1 Å². The number of amides is 2. The number of anilines is 2. The van der Waals surface area contributed by atoms with Crippen LogP contribution in [0.5, 0.6) is 0 Å². The molecule has 200 valence electrons. The fraction of sp³-hybridized carbons (Fsp3) is 0.375. The number of aryl methyl sites for hydroxylation is 1. The number of hydrogen-bond acceptors (Lipinski definition) is 3. The molecule has 3 aromatic rings. The molecule has 0 aromatic heterocycles. The lowest BCUT2D eigenvalue weighted by molar-refractivity contribution is -0.123. The van der Waals surface area contributed by atoms with Gasteiger partial charge in [0.2, 0.25) is 5.91 Å². The summed E-state index contributed by atoms with van der Waals surface area (Å²) in [6.45, 7) is 8.96. The van der Waals surface area contributed by atoms with Gasteiger partial charge in [-0.2, -0.15) is 0 Å². The molecule has 38 heavy (non-hydrogen) atoms. The summed E-state index contributed by atoms with van der Waals surface area (Å²) in [4.78, 5) is 31.7. The molecule has 4 rings (SSSR count). The van der Waals surface area contributed by atoms with Gasteiger partial charge in [0.05, 0.1) is 12.0 Å². The van der Waals surface area contributed by atoms with E-state index in [-0.39, 0.29) is 17.2 Å². The molecule has 0 aliphatic carbocycles. The van der Waals surface area contributed by atoms with E-state index in [2.05, 4.69) is 32.2 Å². The Labute approximate surface area is 231 Å². The quantitative estimate of drug-likeness (QED) is 0.377. The van der Waals surface area contributed by atoms with E-state index in [4.69, 9.17) is 11.6 Å². The molecule has 5 nitrogen and oxygen atoms in total. The highest BCUT2D eigenvalue weighted by molar-refractivity contribution is 6.31. The number of carbonyl (C=O) groups is 2. The zero-order valence-corrected chi connectivity index (χ0v) is 24.0. The van der Waals surface area contributed by atoms with Gasteiger partial charge in [-0.05, 0) is 78.3 Å². The first-order chi connectivity index (χ1) is 18.0. The molecule has 1 fully saturated rings. The Kier molecular flexibility index (Phi) is 8.17. The van der Waals surface area contributed by atoms with Gasteiger partial charge in [0.15, 0.2) is 0 Å². The number of nitrogens with zero attached hydrogens (tertiary/aromatic N) is 2. The molecular weight excluding hydrogens is 494 g/mol. The number of halogens is 1. The predicted octanol–water partition coefficient (Wildman–Crippen LogP) is 7.24. The Bertz CT molecular complexity index is 1310. The zero-order valence-electron chi connectivity index (χ0n) is 23.2. The van der Waals surface area contributed by atoms with Gasteiger partial charge in [0.1, 0.15) is 0 Å². The standard InChI is InChI=1S/C32H38ClN3O2/c1-21-12-15-24(33)20-28(21)31(38)36-18-8-11-27(29(36)22-13-16-26(17-14-22)35(5)6)30(37)34-25-10-7-9-23(19-25)32(2,3)4/h7,9-10,12-17,19-20,27,29H,8,11,18H2,1-6H3,(H,34,37). The predicted molar refractivity (Wildman–Crippen MR) is 157 cm³/mol. The summed E-state index contributed by atoms with van der Waals surface area (Å²) in [5, 5.41) is 3.69. The summed E-state index contributed by atoms with van der Waals surface area (Å²) >= 11 is 6.27. The Morgan fingerprint density at radius 1 is 1.00 bits per heavy atom. The largest absolute Gasteiger partial charge is 0.378 e. The van der Waals surface area contributed by atoms with Crippen LogP contribution in [0.25, 0.3) is 0 Å².